The van der Waals surface area contributed by atoms with Crippen molar-refractivity contribution in [3.05, 3.63) is 0 Å². The molecule has 14 heavy (non-hydrogen) atoms. The fourth-order valence-corrected chi connectivity index (χ4v) is 1.53. The average molecular weight is 224 g/mol. The molecule has 0 spiro atoms. The van der Waals surface area contributed by atoms with Crippen LogP contribution in [-0.4, -0.2) is 30.3 Å². The van der Waals surface area contributed by atoms with Crippen molar-refractivity contribution >= 4 is 7.37 Å². The minimum atomic E-state index is -3.39. The van der Waals surface area contributed by atoms with Crippen LogP contribution in [0.15, 0.2) is 0 Å². The van der Waals surface area contributed by atoms with Gasteiger partial charge in [-0.05, 0) is 19.8 Å². The van der Waals surface area contributed by atoms with Crippen molar-refractivity contribution in [1.82, 2.24) is 0 Å². The molecule has 0 radical (unpaired) electrons. The molecule has 1 atom stereocenters. The Balaban J connectivity index is 4.42. The molecular formula is C9H21O4P. The second-order valence-electron chi connectivity index (χ2n) is 3.47. The minimum absolute atomic E-state index is 0.429. The number of hydrogen-bond acceptors (Lipinski definition) is 3. The molecule has 0 fully saturated rings. The van der Waals surface area contributed by atoms with Crippen LogP contribution in [0, 0.1) is 0 Å². The van der Waals surface area contributed by atoms with Crippen LogP contribution in [0.5, 0.6) is 0 Å². The van der Waals surface area contributed by atoms with Gasteiger partial charge in [-0.15, -0.1) is 0 Å². The lowest BCUT2D eigenvalue weighted by molar-refractivity contribution is -0.171. The van der Waals surface area contributed by atoms with Crippen LogP contribution in [0.25, 0.3) is 0 Å². The van der Waals surface area contributed by atoms with Crippen LogP contribution >= 0.6 is 7.37 Å². The summed E-state index contributed by atoms with van der Waals surface area (Å²) in [5, 5.41) is 0. The van der Waals surface area contributed by atoms with Gasteiger partial charge in [0.15, 0.2) is 0 Å². The monoisotopic (exact) mass is 224 g/mol. The van der Waals surface area contributed by atoms with Gasteiger partial charge in [-0.3, -0.25) is 4.57 Å². The van der Waals surface area contributed by atoms with Crippen molar-refractivity contribution in [3.8, 4) is 0 Å². The third kappa shape index (κ3) is 4.09. The summed E-state index contributed by atoms with van der Waals surface area (Å²) >= 11 is 0. The normalized spacial score (nSPS) is 16.6. The van der Waals surface area contributed by atoms with E-state index >= 15 is 0 Å². The summed E-state index contributed by atoms with van der Waals surface area (Å²) in [6, 6.07) is 0. The number of rotatable bonds is 7. The third-order valence-corrected chi connectivity index (χ3v) is 3.67. The van der Waals surface area contributed by atoms with E-state index in [4.69, 9.17) is 9.47 Å². The van der Waals surface area contributed by atoms with Crippen LogP contribution < -0.4 is 0 Å². The smallest absolute Gasteiger partial charge is 0.255 e. The molecule has 86 valence electrons. The van der Waals surface area contributed by atoms with Gasteiger partial charge in [-0.2, -0.15) is 0 Å². The van der Waals surface area contributed by atoms with Crippen molar-refractivity contribution < 1.29 is 18.9 Å². The van der Waals surface area contributed by atoms with Crippen molar-refractivity contribution in [2.24, 2.45) is 0 Å². The molecule has 0 aromatic heterocycles. The Hall–Kier alpha value is 0.110. The number of hydrogen-bond donors (Lipinski definition) is 1. The highest BCUT2D eigenvalue weighted by Gasteiger charge is 2.41. The van der Waals surface area contributed by atoms with Gasteiger partial charge in [0, 0.05) is 6.66 Å². The highest BCUT2D eigenvalue weighted by Crippen LogP contribution is 2.52. The first kappa shape index (κ1) is 14.1. The van der Waals surface area contributed by atoms with Gasteiger partial charge < -0.3 is 14.4 Å². The summed E-state index contributed by atoms with van der Waals surface area (Å²) in [5.41, 5.74) is -1.35. The summed E-state index contributed by atoms with van der Waals surface area (Å²) in [5.74, 6) is 0. The van der Waals surface area contributed by atoms with E-state index in [1.807, 2.05) is 13.8 Å². The van der Waals surface area contributed by atoms with Gasteiger partial charge in [0.2, 0.25) is 5.53 Å². The van der Waals surface area contributed by atoms with Gasteiger partial charge >= 0.3 is 0 Å². The Labute approximate surface area is 86.1 Å². The molecule has 1 N–H and O–H groups in total. The molecule has 0 saturated carbocycles. The summed E-state index contributed by atoms with van der Waals surface area (Å²) in [7, 11) is -3.39. The molecule has 0 heterocycles. The van der Waals surface area contributed by atoms with E-state index in [0.29, 0.717) is 13.2 Å². The largest absolute Gasteiger partial charge is 0.342 e. The van der Waals surface area contributed by atoms with Crippen molar-refractivity contribution in [3.63, 3.8) is 0 Å². The SMILES string of the molecule is CCCOC(C)(OCCC)P(C)(=O)O. The molecule has 4 nitrogen and oxygen atoms in total. The molecule has 0 aromatic rings. The molecule has 0 amide bonds. The molecule has 0 aliphatic heterocycles. The van der Waals surface area contributed by atoms with E-state index in [9.17, 15) is 9.46 Å². The molecule has 0 aliphatic carbocycles. The second-order valence-corrected chi connectivity index (χ2v) is 6.04. The lowest BCUT2D eigenvalue weighted by Crippen LogP contribution is -2.32. The van der Waals surface area contributed by atoms with Crippen LogP contribution in [0.4, 0.5) is 0 Å². The fraction of sp³-hybridized carbons (Fsp3) is 1.00. The molecular weight excluding hydrogens is 203 g/mol. The van der Waals surface area contributed by atoms with E-state index in [2.05, 4.69) is 0 Å². The van der Waals surface area contributed by atoms with Crippen molar-refractivity contribution in [2.75, 3.05) is 19.9 Å². The second kappa shape index (κ2) is 5.86. The minimum Gasteiger partial charge on any atom is -0.342 e. The fourth-order valence-electron chi connectivity index (χ4n) is 0.864. The first-order valence-corrected chi connectivity index (χ1v) is 7.06. The van der Waals surface area contributed by atoms with Crippen LogP contribution in [0.2, 0.25) is 0 Å². The van der Waals surface area contributed by atoms with Crippen LogP contribution in [0.1, 0.15) is 33.6 Å². The molecule has 0 aromatic carbocycles. The van der Waals surface area contributed by atoms with Crippen molar-refractivity contribution in [2.45, 2.75) is 39.1 Å². The maximum atomic E-state index is 11.6. The topological polar surface area (TPSA) is 55.8 Å². The highest BCUT2D eigenvalue weighted by atomic mass is 31.2. The third-order valence-electron chi connectivity index (χ3n) is 1.90. The molecule has 5 heteroatoms. The predicted molar refractivity (Wildman–Crippen MR) is 56.6 cm³/mol. The zero-order valence-corrected chi connectivity index (χ0v) is 10.3. The lowest BCUT2D eigenvalue weighted by Gasteiger charge is -2.31. The Morgan fingerprint density at radius 2 is 1.57 bits per heavy atom. The Kier molecular flexibility index (Phi) is 5.91. The predicted octanol–water partition coefficient (Wildman–Crippen LogP) is 2.41. The van der Waals surface area contributed by atoms with E-state index in [1.165, 1.54) is 13.6 Å². The molecule has 0 saturated heterocycles. The van der Waals surface area contributed by atoms with Gasteiger partial charge in [0.05, 0.1) is 13.2 Å². The standard InChI is InChI=1S/C9H21O4P/c1-5-7-12-9(3,13-8-6-2)14(4,10)11/h5-8H2,1-4H3,(H,10,11). The lowest BCUT2D eigenvalue weighted by atomic mass is 10.5. The first-order chi connectivity index (χ1) is 6.37. The summed E-state index contributed by atoms with van der Waals surface area (Å²) in [6.45, 7) is 7.53. The molecule has 0 bridgehead atoms. The van der Waals surface area contributed by atoms with Gasteiger partial charge in [-0.1, -0.05) is 13.8 Å². The summed E-state index contributed by atoms with van der Waals surface area (Å²) in [6.07, 6.45) is 1.59. The Morgan fingerprint density at radius 3 is 1.79 bits per heavy atom. The highest BCUT2D eigenvalue weighted by molar-refractivity contribution is 7.58. The zero-order chi connectivity index (χ0) is 11.2. The average Bonchev–Trinajstić information content (AvgIpc) is 2.09. The van der Waals surface area contributed by atoms with Gasteiger partial charge in [0.25, 0.3) is 7.37 Å². The van der Waals surface area contributed by atoms with Crippen LogP contribution in [0.3, 0.4) is 0 Å². The summed E-state index contributed by atoms with van der Waals surface area (Å²) < 4.78 is 22.2. The van der Waals surface area contributed by atoms with E-state index < -0.39 is 12.9 Å². The van der Waals surface area contributed by atoms with E-state index in [-0.39, 0.29) is 0 Å². The van der Waals surface area contributed by atoms with Crippen LogP contribution in [-0.2, 0) is 14.0 Å². The molecule has 0 aliphatic rings. The first-order valence-electron chi connectivity index (χ1n) is 4.95. The Bertz CT molecular complexity index is 191. The Morgan fingerprint density at radius 1 is 1.21 bits per heavy atom. The maximum Gasteiger partial charge on any atom is 0.255 e. The van der Waals surface area contributed by atoms with Gasteiger partial charge in [-0.25, -0.2) is 0 Å². The molecule has 1 unspecified atom stereocenters. The zero-order valence-electron chi connectivity index (χ0n) is 9.45. The summed E-state index contributed by atoms with van der Waals surface area (Å²) in [4.78, 5) is 9.50. The quantitative estimate of drug-likeness (QED) is 0.533. The van der Waals surface area contributed by atoms with Crippen molar-refractivity contribution in [1.29, 1.82) is 0 Å². The maximum absolute atomic E-state index is 11.6. The van der Waals surface area contributed by atoms with E-state index in [0.717, 1.165) is 12.8 Å². The number of ether oxygens (including phenoxy) is 2. The molecule has 0 rings (SSSR count). The van der Waals surface area contributed by atoms with Gasteiger partial charge in [0.1, 0.15) is 0 Å². The van der Waals surface area contributed by atoms with E-state index in [1.54, 1.807) is 0 Å².